The summed E-state index contributed by atoms with van der Waals surface area (Å²) in [7, 11) is 0. The highest BCUT2D eigenvalue weighted by molar-refractivity contribution is 5.75. The lowest BCUT2D eigenvalue weighted by Gasteiger charge is -2.28. The maximum absolute atomic E-state index is 10.9. The molecule has 104 valence electrons. The molecule has 0 aromatic heterocycles. The predicted molar refractivity (Wildman–Crippen MR) is 73.3 cm³/mol. The molecule has 2 aliphatic rings. The molecule has 1 aliphatic carbocycles. The highest BCUT2D eigenvalue weighted by Gasteiger charge is 2.20. The van der Waals surface area contributed by atoms with Crippen molar-refractivity contribution >= 4 is 5.91 Å². The Morgan fingerprint density at radius 3 is 2.33 bits per heavy atom. The van der Waals surface area contributed by atoms with Gasteiger partial charge in [0.15, 0.2) is 0 Å². The Kier molecular flexibility index (Phi) is 5.45. The van der Waals surface area contributed by atoms with Gasteiger partial charge in [0.05, 0.1) is 6.54 Å². The summed E-state index contributed by atoms with van der Waals surface area (Å²) < 4.78 is 0. The lowest BCUT2D eigenvalue weighted by atomic mass is 9.89. The van der Waals surface area contributed by atoms with E-state index in [1.807, 2.05) is 0 Å². The zero-order valence-electron chi connectivity index (χ0n) is 11.4. The van der Waals surface area contributed by atoms with Crippen LogP contribution in [0.15, 0.2) is 0 Å². The first kappa shape index (κ1) is 13.8. The molecular weight excluding hydrogens is 226 g/mol. The number of nitrogens with zero attached hydrogens (tertiary/aromatic N) is 2. The van der Waals surface area contributed by atoms with E-state index in [9.17, 15) is 4.79 Å². The Hall–Kier alpha value is -0.610. The summed E-state index contributed by atoms with van der Waals surface area (Å²) >= 11 is 0. The zero-order chi connectivity index (χ0) is 12.8. The van der Waals surface area contributed by atoms with Crippen LogP contribution < -0.4 is 5.73 Å². The molecule has 4 nitrogen and oxygen atoms in total. The Balaban J connectivity index is 1.72. The molecule has 2 fully saturated rings. The average Bonchev–Trinajstić information content (AvgIpc) is 2.56. The molecule has 2 N–H and O–H groups in total. The summed E-state index contributed by atoms with van der Waals surface area (Å²) in [6.45, 7) is 6.00. The van der Waals surface area contributed by atoms with Gasteiger partial charge in [0, 0.05) is 19.6 Å². The van der Waals surface area contributed by atoms with Crippen molar-refractivity contribution in [3.8, 4) is 0 Å². The second-order valence-electron chi connectivity index (χ2n) is 5.90. The molecule has 0 aromatic rings. The summed E-state index contributed by atoms with van der Waals surface area (Å²) in [5.41, 5.74) is 5.26. The van der Waals surface area contributed by atoms with E-state index in [1.54, 1.807) is 0 Å². The number of hydrogen-bond donors (Lipinski definition) is 1. The SMILES string of the molecule is NC(=O)CN1CCCN(CC2CCCCC2)CC1. The number of amides is 1. The summed E-state index contributed by atoms with van der Waals surface area (Å²) in [5, 5.41) is 0. The van der Waals surface area contributed by atoms with Crippen LogP contribution in [0.2, 0.25) is 0 Å². The van der Waals surface area contributed by atoms with Crippen molar-refractivity contribution in [2.24, 2.45) is 11.7 Å². The van der Waals surface area contributed by atoms with Crippen LogP contribution in [-0.2, 0) is 4.79 Å². The van der Waals surface area contributed by atoms with Gasteiger partial charge in [-0.25, -0.2) is 0 Å². The lowest BCUT2D eigenvalue weighted by Crippen LogP contribution is -2.37. The number of carbonyl (C=O) groups excluding carboxylic acids is 1. The second-order valence-corrected chi connectivity index (χ2v) is 5.90. The van der Waals surface area contributed by atoms with E-state index in [-0.39, 0.29) is 5.91 Å². The van der Waals surface area contributed by atoms with E-state index < -0.39 is 0 Å². The third kappa shape index (κ3) is 4.58. The number of rotatable bonds is 4. The Labute approximate surface area is 110 Å². The minimum atomic E-state index is -0.198. The van der Waals surface area contributed by atoms with Crippen LogP contribution in [0.1, 0.15) is 38.5 Å². The molecule has 1 amide bonds. The van der Waals surface area contributed by atoms with E-state index in [0.717, 1.165) is 25.6 Å². The molecule has 0 bridgehead atoms. The van der Waals surface area contributed by atoms with Gasteiger partial charge >= 0.3 is 0 Å². The van der Waals surface area contributed by atoms with Gasteiger partial charge in [-0.1, -0.05) is 19.3 Å². The van der Waals surface area contributed by atoms with Crippen molar-refractivity contribution in [1.29, 1.82) is 0 Å². The molecule has 1 saturated carbocycles. The van der Waals surface area contributed by atoms with Gasteiger partial charge in [-0.2, -0.15) is 0 Å². The maximum atomic E-state index is 10.9. The van der Waals surface area contributed by atoms with Crippen molar-refractivity contribution in [1.82, 2.24) is 9.80 Å². The highest BCUT2D eigenvalue weighted by atomic mass is 16.1. The molecule has 1 saturated heterocycles. The molecule has 18 heavy (non-hydrogen) atoms. The molecule has 0 aromatic carbocycles. The Bertz CT molecular complexity index is 264. The van der Waals surface area contributed by atoms with Gasteiger partial charge in [0.2, 0.25) is 5.91 Å². The van der Waals surface area contributed by atoms with E-state index >= 15 is 0 Å². The van der Waals surface area contributed by atoms with Gasteiger partial charge in [-0.15, -0.1) is 0 Å². The van der Waals surface area contributed by atoms with Gasteiger partial charge in [-0.3, -0.25) is 9.69 Å². The Morgan fingerprint density at radius 1 is 0.944 bits per heavy atom. The number of nitrogens with two attached hydrogens (primary N) is 1. The lowest BCUT2D eigenvalue weighted by molar-refractivity contribution is -0.119. The van der Waals surface area contributed by atoms with Crippen LogP contribution in [-0.4, -0.2) is 55.0 Å². The fraction of sp³-hybridized carbons (Fsp3) is 0.929. The minimum absolute atomic E-state index is 0.198. The first-order valence-corrected chi connectivity index (χ1v) is 7.47. The number of hydrogen-bond acceptors (Lipinski definition) is 3. The number of primary amides is 1. The van der Waals surface area contributed by atoms with Crippen LogP contribution in [0.25, 0.3) is 0 Å². The molecular formula is C14H27N3O. The van der Waals surface area contributed by atoms with Crippen LogP contribution in [0, 0.1) is 5.92 Å². The fourth-order valence-corrected chi connectivity index (χ4v) is 3.32. The second kappa shape index (κ2) is 7.10. The molecule has 0 spiro atoms. The van der Waals surface area contributed by atoms with Crippen molar-refractivity contribution in [3.63, 3.8) is 0 Å². The van der Waals surface area contributed by atoms with Crippen molar-refractivity contribution in [2.45, 2.75) is 38.5 Å². The summed E-state index contributed by atoms with van der Waals surface area (Å²) in [4.78, 5) is 15.7. The minimum Gasteiger partial charge on any atom is -0.369 e. The number of carbonyl (C=O) groups is 1. The van der Waals surface area contributed by atoms with Crippen LogP contribution >= 0.6 is 0 Å². The normalized spacial score (nSPS) is 24.9. The predicted octanol–water partition coefficient (Wildman–Crippen LogP) is 1.06. The average molecular weight is 253 g/mol. The molecule has 0 atom stereocenters. The molecule has 1 aliphatic heterocycles. The summed E-state index contributed by atoms with van der Waals surface area (Å²) in [6.07, 6.45) is 8.28. The topological polar surface area (TPSA) is 49.6 Å². The van der Waals surface area contributed by atoms with Crippen LogP contribution in [0.3, 0.4) is 0 Å². The third-order valence-corrected chi connectivity index (χ3v) is 4.30. The van der Waals surface area contributed by atoms with E-state index in [0.29, 0.717) is 6.54 Å². The zero-order valence-corrected chi connectivity index (χ0v) is 11.4. The Morgan fingerprint density at radius 2 is 1.61 bits per heavy atom. The fourth-order valence-electron chi connectivity index (χ4n) is 3.32. The standard InChI is InChI=1S/C14H27N3O/c15-14(18)12-17-8-4-7-16(9-10-17)11-13-5-2-1-3-6-13/h13H,1-12H2,(H2,15,18). The molecule has 0 unspecified atom stereocenters. The summed E-state index contributed by atoms with van der Waals surface area (Å²) in [6, 6.07) is 0. The molecule has 1 heterocycles. The quantitative estimate of drug-likeness (QED) is 0.815. The third-order valence-electron chi connectivity index (χ3n) is 4.30. The highest BCUT2D eigenvalue weighted by Crippen LogP contribution is 2.24. The maximum Gasteiger partial charge on any atom is 0.231 e. The van der Waals surface area contributed by atoms with Crippen LogP contribution in [0.4, 0.5) is 0 Å². The van der Waals surface area contributed by atoms with Gasteiger partial charge in [0.25, 0.3) is 0 Å². The van der Waals surface area contributed by atoms with Crippen molar-refractivity contribution in [2.75, 3.05) is 39.3 Å². The van der Waals surface area contributed by atoms with Gasteiger partial charge < -0.3 is 10.6 Å². The largest absolute Gasteiger partial charge is 0.369 e. The first-order valence-electron chi connectivity index (χ1n) is 7.47. The molecule has 4 heteroatoms. The van der Waals surface area contributed by atoms with Crippen LogP contribution in [0.5, 0.6) is 0 Å². The molecule has 2 rings (SSSR count). The monoisotopic (exact) mass is 253 g/mol. The summed E-state index contributed by atoms with van der Waals surface area (Å²) in [5.74, 6) is 0.720. The van der Waals surface area contributed by atoms with E-state index in [2.05, 4.69) is 9.80 Å². The van der Waals surface area contributed by atoms with Gasteiger partial charge in [0.1, 0.15) is 0 Å². The van der Waals surface area contributed by atoms with E-state index in [4.69, 9.17) is 5.73 Å². The van der Waals surface area contributed by atoms with Crippen molar-refractivity contribution < 1.29 is 4.79 Å². The van der Waals surface area contributed by atoms with Crippen molar-refractivity contribution in [3.05, 3.63) is 0 Å². The first-order chi connectivity index (χ1) is 8.74. The van der Waals surface area contributed by atoms with Gasteiger partial charge in [-0.05, 0) is 38.3 Å². The smallest absolute Gasteiger partial charge is 0.231 e. The molecule has 0 radical (unpaired) electrons. The van der Waals surface area contributed by atoms with E-state index in [1.165, 1.54) is 51.6 Å².